The summed E-state index contributed by atoms with van der Waals surface area (Å²) in [6.45, 7) is 4.92. The fourth-order valence-electron chi connectivity index (χ4n) is 5.52. The van der Waals surface area contributed by atoms with Gasteiger partial charge in [-0.05, 0) is 56.0 Å². The van der Waals surface area contributed by atoms with Gasteiger partial charge in [0.2, 0.25) is 0 Å². The Morgan fingerprint density at radius 1 is 0.952 bits per heavy atom. The number of hydrogen-bond donors (Lipinski definition) is 2. The summed E-state index contributed by atoms with van der Waals surface area (Å²) in [4.78, 5) is 17.9. The van der Waals surface area contributed by atoms with Crippen molar-refractivity contribution in [2.45, 2.75) is 44.9 Å². The van der Waals surface area contributed by atoms with Crippen molar-refractivity contribution >= 4 is 16.7 Å². The summed E-state index contributed by atoms with van der Waals surface area (Å²) >= 11 is 0. The second kappa shape index (κ2) is 10.5. The molecular weight excluding hydrogens is 553 g/mol. The van der Waals surface area contributed by atoms with Gasteiger partial charge < -0.3 is 20.2 Å². The van der Waals surface area contributed by atoms with Gasteiger partial charge in [0.15, 0.2) is 0 Å². The maximum absolute atomic E-state index is 14.4. The predicted molar refractivity (Wildman–Crippen MR) is 150 cm³/mol. The number of pyridine rings is 2. The van der Waals surface area contributed by atoms with Gasteiger partial charge in [-0.15, -0.1) is 0 Å². The molecule has 5 aromatic rings. The standard InChI is InChI=1S/C30H28F5N7/c1-16-3-4-24(37-12-16)17(2)42-15-23(28-38-14-25(40-28)30(33,34)35)26-27(41-7-5-21(36)6-8-41)22(13-39-29(26)42)18-9-19(31)11-20(32)10-18/h3-4,9-15,17,21H,5-8,36H2,1-2H3,(H,38,40). The van der Waals surface area contributed by atoms with E-state index in [1.54, 1.807) is 18.6 Å². The molecule has 0 saturated carbocycles. The van der Waals surface area contributed by atoms with Crippen LogP contribution in [0.2, 0.25) is 0 Å². The summed E-state index contributed by atoms with van der Waals surface area (Å²) in [6, 6.07) is 6.67. The van der Waals surface area contributed by atoms with Gasteiger partial charge in [-0.2, -0.15) is 13.2 Å². The molecule has 0 amide bonds. The van der Waals surface area contributed by atoms with Gasteiger partial charge in [-0.1, -0.05) is 6.07 Å². The van der Waals surface area contributed by atoms with Crippen LogP contribution in [0.3, 0.4) is 0 Å². The number of hydrogen-bond acceptors (Lipinski definition) is 5. The Morgan fingerprint density at radius 3 is 2.29 bits per heavy atom. The summed E-state index contributed by atoms with van der Waals surface area (Å²) in [5, 5.41) is 0.509. The minimum Gasteiger partial charge on any atom is -0.370 e. The van der Waals surface area contributed by atoms with Crippen molar-refractivity contribution in [2.24, 2.45) is 5.73 Å². The minimum absolute atomic E-state index is 0.00512. The Morgan fingerprint density at radius 2 is 1.67 bits per heavy atom. The molecule has 1 atom stereocenters. The summed E-state index contributed by atoms with van der Waals surface area (Å²) in [5.41, 5.74) is 9.04. The van der Waals surface area contributed by atoms with E-state index in [-0.39, 0.29) is 23.5 Å². The molecule has 0 spiro atoms. The Hall–Kier alpha value is -4.32. The number of aromatic nitrogens is 5. The lowest BCUT2D eigenvalue weighted by atomic mass is 9.98. The van der Waals surface area contributed by atoms with Gasteiger partial charge in [0.25, 0.3) is 0 Å². The maximum atomic E-state index is 14.4. The third-order valence-electron chi connectivity index (χ3n) is 7.76. The first kappa shape index (κ1) is 27.8. The zero-order chi connectivity index (χ0) is 29.8. The zero-order valence-electron chi connectivity index (χ0n) is 22.9. The van der Waals surface area contributed by atoms with Crippen molar-refractivity contribution in [1.82, 2.24) is 24.5 Å². The molecule has 6 rings (SSSR count). The van der Waals surface area contributed by atoms with Crippen LogP contribution >= 0.6 is 0 Å². The molecule has 0 aliphatic carbocycles. The average Bonchev–Trinajstić information content (AvgIpc) is 3.58. The molecule has 0 bridgehead atoms. The number of anilines is 1. The second-order valence-corrected chi connectivity index (χ2v) is 10.7. The summed E-state index contributed by atoms with van der Waals surface area (Å²) in [6.07, 6.45) is 2.46. The lowest BCUT2D eigenvalue weighted by Crippen LogP contribution is -2.40. The summed E-state index contributed by atoms with van der Waals surface area (Å²) < 4.78 is 71.5. The van der Waals surface area contributed by atoms with Gasteiger partial charge in [-0.25, -0.2) is 18.7 Å². The molecule has 1 fully saturated rings. The molecule has 12 heteroatoms. The smallest absolute Gasteiger partial charge is 0.370 e. The number of nitrogens with zero attached hydrogens (tertiary/aromatic N) is 5. The SMILES string of the molecule is Cc1ccc(C(C)n2cc(-c3ncc(C(F)(F)F)[nH]3)c3c(N4CCC(N)CC4)c(-c4cc(F)cc(F)c4)cnc32)nc1. The van der Waals surface area contributed by atoms with Crippen LogP contribution in [0, 0.1) is 18.6 Å². The van der Waals surface area contributed by atoms with Crippen LogP contribution in [0.15, 0.2) is 55.1 Å². The molecule has 0 radical (unpaired) electrons. The molecule has 1 aromatic carbocycles. The topological polar surface area (TPSA) is 88.7 Å². The van der Waals surface area contributed by atoms with Crippen LogP contribution in [-0.4, -0.2) is 43.6 Å². The summed E-state index contributed by atoms with van der Waals surface area (Å²) in [5.74, 6) is -1.52. The molecule has 7 nitrogen and oxygen atoms in total. The van der Waals surface area contributed by atoms with E-state index in [0.29, 0.717) is 53.8 Å². The predicted octanol–water partition coefficient (Wildman–Crippen LogP) is 6.63. The van der Waals surface area contributed by atoms with Crippen LogP contribution < -0.4 is 10.6 Å². The Balaban J connectivity index is 1.66. The molecular formula is C30H28F5N7. The minimum atomic E-state index is -4.63. The number of aromatic amines is 1. The number of imidazole rings is 1. The normalized spacial score (nSPS) is 15.5. The van der Waals surface area contributed by atoms with Crippen LogP contribution in [0.25, 0.3) is 33.5 Å². The van der Waals surface area contributed by atoms with Crippen molar-refractivity contribution in [3.05, 3.63) is 83.7 Å². The molecule has 1 unspecified atom stereocenters. The number of H-pyrrole nitrogens is 1. The molecule has 5 heterocycles. The van der Waals surface area contributed by atoms with Crippen molar-refractivity contribution in [3.63, 3.8) is 0 Å². The average molecular weight is 582 g/mol. The van der Waals surface area contributed by atoms with E-state index in [4.69, 9.17) is 10.7 Å². The van der Waals surface area contributed by atoms with E-state index in [2.05, 4.69) is 19.9 Å². The number of benzene rings is 1. The lowest BCUT2D eigenvalue weighted by molar-refractivity contribution is -0.140. The van der Waals surface area contributed by atoms with Gasteiger partial charge in [-0.3, -0.25) is 4.98 Å². The van der Waals surface area contributed by atoms with E-state index >= 15 is 0 Å². The molecule has 42 heavy (non-hydrogen) atoms. The number of rotatable bonds is 5. The highest BCUT2D eigenvalue weighted by Gasteiger charge is 2.34. The van der Waals surface area contributed by atoms with Gasteiger partial charge in [0, 0.05) is 54.9 Å². The lowest BCUT2D eigenvalue weighted by Gasteiger charge is -2.34. The molecule has 4 aromatic heterocycles. The second-order valence-electron chi connectivity index (χ2n) is 10.7. The number of nitrogens with one attached hydrogen (secondary N) is 1. The Kier molecular flexibility index (Phi) is 6.96. The van der Waals surface area contributed by atoms with Crippen LogP contribution in [-0.2, 0) is 6.18 Å². The molecule has 3 N–H and O–H groups in total. The molecule has 1 aliphatic rings. The highest BCUT2D eigenvalue weighted by Crippen LogP contribution is 2.44. The van der Waals surface area contributed by atoms with Crippen molar-refractivity contribution in [3.8, 4) is 22.5 Å². The highest BCUT2D eigenvalue weighted by atomic mass is 19.4. The van der Waals surface area contributed by atoms with E-state index < -0.39 is 23.5 Å². The first-order chi connectivity index (χ1) is 20.0. The third kappa shape index (κ3) is 5.11. The quantitative estimate of drug-likeness (QED) is 0.228. The highest BCUT2D eigenvalue weighted by molar-refractivity contribution is 6.07. The molecule has 218 valence electrons. The first-order valence-corrected chi connectivity index (χ1v) is 13.5. The Bertz CT molecular complexity index is 1730. The van der Waals surface area contributed by atoms with Gasteiger partial charge in [0.1, 0.15) is 28.8 Å². The molecule has 1 aliphatic heterocycles. The molecule has 1 saturated heterocycles. The number of aryl methyl sites for hydroxylation is 1. The van der Waals surface area contributed by atoms with E-state index in [0.717, 1.165) is 23.5 Å². The largest absolute Gasteiger partial charge is 0.432 e. The zero-order valence-corrected chi connectivity index (χ0v) is 22.9. The van der Waals surface area contributed by atoms with Crippen LogP contribution in [0.1, 0.15) is 42.8 Å². The van der Waals surface area contributed by atoms with E-state index in [1.165, 1.54) is 12.1 Å². The van der Waals surface area contributed by atoms with Crippen LogP contribution in [0.5, 0.6) is 0 Å². The Labute approximate surface area is 238 Å². The first-order valence-electron chi connectivity index (χ1n) is 13.5. The number of fused-ring (bicyclic) bond motifs is 1. The fraction of sp³-hybridized carbons (Fsp3) is 0.300. The monoisotopic (exact) mass is 581 g/mol. The fourth-order valence-corrected chi connectivity index (χ4v) is 5.52. The van der Waals surface area contributed by atoms with Crippen LogP contribution in [0.4, 0.5) is 27.6 Å². The van der Waals surface area contributed by atoms with Gasteiger partial charge in [0.05, 0.1) is 29.0 Å². The number of halogens is 5. The summed E-state index contributed by atoms with van der Waals surface area (Å²) in [7, 11) is 0. The van der Waals surface area contributed by atoms with Crippen molar-refractivity contribution in [1.29, 1.82) is 0 Å². The number of nitrogens with two attached hydrogens (primary N) is 1. The maximum Gasteiger partial charge on any atom is 0.432 e. The number of piperidine rings is 1. The third-order valence-corrected chi connectivity index (χ3v) is 7.76. The van der Waals surface area contributed by atoms with Crippen molar-refractivity contribution in [2.75, 3.05) is 18.0 Å². The van der Waals surface area contributed by atoms with Crippen molar-refractivity contribution < 1.29 is 22.0 Å². The number of alkyl halides is 3. The van der Waals surface area contributed by atoms with E-state index in [9.17, 15) is 22.0 Å². The van der Waals surface area contributed by atoms with E-state index in [1.807, 2.05) is 30.5 Å². The van der Waals surface area contributed by atoms with Gasteiger partial charge >= 0.3 is 6.18 Å².